The predicted molar refractivity (Wildman–Crippen MR) is 80.0 cm³/mol. The van der Waals surface area contributed by atoms with Crippen molar-refractivity contribution in [3.05, 3.63) is 0 Å². The van der Waals surface area contributed by atoms with E-state index in [0.29, 0.717) is 31.8 Å². The SMILES string of the molecule is CC1CCC(CNS(=O)(=O)N2CCCC(C(=O)O)C2)CC1. The summed E-state index contributed by atoms with van der Waals surface area (Å²) in [4.78, 5) is 11.0. The summed E-state index contributed by atoms with van der Waals surface area (Å²) in [6.45, 7) is 3.22. The zero-order chi connectivity index (χ0) is 15.5. The van der Waals surface area contributed by atoms with Gasteiger partial charge in [-0.3, -0.25) is 4.79 Å². The van der Waals surface area contributed by atoms with Crippen LogP contribution in [0.5, 0.6) is 0 Å². The van der Waals surface area contributed by atoms with Crippen LogP contribution in [0.25, 0.3) is 0 Å². The Morgan fingerprint density at radius 3 is 2.52 bits per heavy atom. The molecule has 6 nitrogen and oxygen atoms in total. The number of carbonyl (C=O) groups is 1. The molecule has 2 N–H and O–H groups in total. The van der Waals surface area contributed by atoms with Gasteiger partial charge in [0.15, 0.2) is 0 Å². The van der Waals surface area contributed by atoms with E-state index in [-0.39, 0.29) is 6.54 Å². The maximum atomic E-state index is 12.3. The molecule has 0 radical (unpaired) electrons. The number of nitrogens with zero attached hydrogens (tertiary/aromatic N) is 1. The number of hydrogen-bond donors (Lipinski definition) is 2. The summed E-state index contributed by atoms with van der Waals surface area (Å²) < 4.78 is 28.5. The van der Waals surface area contributed by atoms with Gasteiger partial charge in [-0.2, -0.15) is 12.7 Å². The minimum absolute atomic E-state index is 0.0897. The van der Waals surface area contributed by atoms with Gasteiger partial charge in [-0.05, 0) is 37.5 Å². The monoisotopic (exact) mass is 318 g/mol. The summed E-state index contributed by atoms with van der Waals surface area (Å²) in [5.74, 6) is -0.325. The lowest BCUT2D eigenvalue weighted by Crippen LogP contribution is -2.48. The molecule has 1 atom stereocenters. The summed E-state index contributed by atoms with van der Waals surface area (Å²) in [6.07, 6.45) is 5.64. The summed E-state index contributed by atoms with van der Waals surface area (Å²) in [7, 11) is -3.54. The first-order valence-electron chi connectivity index (χ1n) is 7.86. The van der Waals surface area contributed by atoms with Gasteiger partial charge >= 0.3 is 5.97 Å². The zero-order valence-electron chi connectivity index (χ0n) is 12.6. The Hall–Kier alpha value is -0.660. The molecule has 21 heavy (non-hydrogen) atoms. The molecule has 2 aliphatic rings. The second-order valence-corrected chi connectivity index (χ2v) is 8.27. The first-order chi connectivity index (χ1) is 9.88. The minimum atomic E-state index is -3.54. The predicted octanol–water partition coefficient (Wildman–Crippen LogP) is 1.44. The molecular formula is C14H26N2O4S. The Balaban J connectivity index is 1.85. The Bertz CT molecular complexity index is 458. The van der Waals surface area contributed by atoms with Gasteiger partial charge in [-0.1, -0.05) is 19.8 Å². The van der Waals surface area contributed by atoms with E-state index in [2.05, 4.69) is 11.6 Å². The first kappa shape index (κ1) is 16.7. The molecule has 0 aromatic heterocycles. The molecule has 1 saturated heterocycles. The van der Waals surface area contributed by atoms with E-state index in [1.54, 1.807) is 0 Å². The fourth-order valence-corrected chi connectivity index (χ4v) is 4.58. The maximum Gasteiger partial charge on any atom is 0.307 e. The molecule has 7 heteroatoms. The van der Waals surface area contributed by atoms with E-state index >= 15 is 0 Å². The third-order valence-electron chi connectivity index (χ3n) is 4.76. The van der Waals surface area contributed by atoms with Crippen molar-refractivity contribution >= 4 is 16.2 Å². The number of nitrogens with one attached hydrogen (secondary N) is 1. The molecule has 1 saturated carbocycles. The molecule has 1 aliphatic carbocycles. The lowest BCUT2D eigenvalue weighted by atomic mass is 9.83. The Labute approximate surface area is 127 Å². The van der Waals surface area contributed by atoms with Crippen molar-refractivity contribution in [3.63, 3.8) is 0 Å². The van der Waals surface area contributed by atoms with Crippen molar-refractivity contribution in [3.8, 4) is 0 Å². The van der Waals surface area contributed by atoms with Crippen LogP contribution in [0.4, 0.5) is 0 Å². The standard InChI is InChI=1S/C14H26N2O4S/c1-11-4-6-12(7-5-11)9-15-21(19,20)16-8-2-3-13(10-16)14(17)18/h11-13,15H,2-10H2,1H3,(H,17,18). The molecule has 2 fully saturated rings. The second-order valence-electron chi connectivity index (χ2n) is 6.51. The molecule has 0 aromatic carbocycles. The molecule has 0 bridgehead atoms. The Kier molecular flexibility index (Phi) is 5.62. The molecule has 1 unspecified atom stereocenters. The van der Waals surface area contributed by atoms with E-state index < -0.39 is 22.1 Å². The van der Waals surface area contributed by atoms with Crippen LogP contribution in [0, 0.1) is 17.8 Å². The third-order valence-corrected chi connectivity index (χ3v) is 6.31. The summed E-state index contributed by atoms with van der Waals surface area (Å²) in [6, 6.07) is 0. The van der Waals surface area contributed by atoms with Gasteiger partial charge in [-0.25, -0.2) is 4.72 Å². The van der Waals surface area contributed by atoms with Crippen molar-refractivity contribution < 1.29 is 18.3 Å². The molecular weight excluding hydrogens is 292 g/mol. The van der Waals surface area contributed by atoms with Crippen molar-refractivity contribution in [2.24, 2.45) is 17.8 Å². The van der Waals surface area contributed by atoms with Crippen molar-refractivity contribution in [1.29, 1.82) is 0 Å². The number of carboxylic acids is 1. The lowest BCUT2D eigenvalue weighted by molar-refractivity contribution is -0.142. The van der Waals surface area contributed by atoms with Gasteiger partial charge in [0.05, 0.1) is 5.92 Å². The molecule has 0 spiro atoms. The lowest BCUT2D eigenvalue weighted by Gasteiger charge is -2.31. The van der Waals surface area contributed by atoms with E-state index in [1.807, 2.05) is 0 Å². The second kappa shape index (κ2) is 7.07. The topological polar surface area (TPSA) is 86.7 Å². The van der Waals surface area contributed by atoms with Crippen LogP contribution in [-0.2, 0) is 15.0 Å². The number of rotatable bonds is 5. The molecule has 2 rings (SSSR count). The molecule has 122 valence electrons. The smallest absolute Gasteiger partial charge is 0.307 e. The zero-order valence-corrected chi connectivity index (χ0v) is 13.4. The van der Waals surface area contributed by atoms with E-state index in [0.717, 1.165) is 31.6 Å². The quantitative estimate of drug-likeness (QED) is 0.803. The maximum absolute atomic E-state index is 12.3. The minimum Gasteiger partial charge on any atom is -0.481 e. The fourth-order valence-electron chi connectivity index (χ4n) is 3.21. The van der Waals surface area contributed by atoms with Crippen LogP contribution in [0.2, 0.25) is 0 Å². The van der Waals surface area contributed by atoms with Crippen LogP contribution >= 0.6 is 0 Å². The molecule has 0 amide bonds. The average Bonchev–Trinajstić information content (AvgIpc) is 2.47. The van der Waals surface area contributed by atoms with Crippen LogP contribution in [0.3, 0.4) is 0 Å². The van der Waals surface area contributed by atoms with E-state index in [9.17, 15) is 13.2 Å². The number of aliphatic carboxylic acids is 1. The van der Waals surface area contributed by atoms with E-state index in [4.69, 9.17) is 5.11 Å². The highest BCUT2D eigenvalue weighted by Gasteiger charge is 2.32. The number of hydrogen-bond acceptors (Lipinski definition) is 3. The number of piperidine rings is 1. The van der Waals surface area contributed by atoms with Crippen LogP contribution in [-0.4, -0.2) is 43.4 Å². The Morgan fingerprint density at radius 1 is 1.24 bits per heavy atom. The highest BCUT2D eigenvalue weighted by atomic mass is 32.2. The summed E-state index contributed by atoms with van der Waals surface area (Å²) in [5, 5.41) is 9.04. The Morgan fingerprint density at radius 2 is 1.90 bits per heavy atom. The average molecular weight is 318 g/mol. The van der Waals surface area contributed by atoms with Gasteiger partial charge in [0, 0.05) is 19.6 Å². The third kappa shape index (κ3) is 4.66. The van der Waals surface area contributed by atoms with Crippen LogP contribution in [0.15, 0.2) is 0 Å². The molecule has 1 aliphatic heterocycles. The van der Waals surface area contributed by atoms with Crippen LogP contribution in [0.1, 0.15) is 45.4 Å². The van der Waals surface area contributed by atoms with Crippen molar-refractivity contribution in [2.45, 2.75) is 45.4 Å². The summed E-state index contributed by atoms with van der Waals surface area (Å²) in [5.41, 5.74) is 0. The number of carboxylic acid groups (broad SMARTS) is 1. The summed E-state index contributed by atoms with van der Waals surface area (Å²) >= 11 is 0. The van der Waals surface area contributed by atoms with Gasteiger partial charge in [-0.15, -0.1) is 0 Å². The van der Waals surface area contributed by atoms with Gasteiger partial charge in [0.25, 0.3) is 10.2 Å². The fraction of sp³-hybridized carbons (Fsp3) is 0.929. The van der Waals surface area contributed by atoms with Crippen molar-refractivity contribution in [1.82, 2.24) is 9.03 Å². The molecule has 0 aromatic rings. The largest absolute Gasteiger partial charge is 0.481 e. The van der Waals surface area contributed by atoms with E-state index in [1.165, 1.54) is 4.31 Å². The highest BCUT2D eigenvalue weighted by Crippen LogP contribution is 2.28. The van der Waals surface area contributed by atoms with Crippen LogP contribution < -0.4 is 4.72 Å². The highest BCUT2D eigenvalue weighted by molar-refractivity contribution is 7.87. The molecule has 1 heterocycles. The first-order valence-corrected chi connectivity index (χ1v) is 9.30. The normalized spacial score (nSPS) is 32.0. The van der Waals surface area contributed by atoms with Crippen molar-refractivity contribution in [2.75, 3.05) is 19.6 Å². The van der Waals surface area contributed by atoms with Gasteiger partial charge < -0.3 is 5.11 Å². The van der Waals surface area contributed by atoms with Gasteiger partial charge in [0.1, 0.15) is 0 Å². The van der Waals surface area contributed by atoms with Gasteiger partial charge in [0.2, 0.25) is 0 Å².